The molecule has 33 heavy (non-hydrogen) atoms. The number of carbonyl (C=O) groups excluding carboxylic acids is 1. The van der Waals surface area contributed by atoms with Crippen LogP contribution in [0.5, 0.6) is 5.75 Å². The number of hydrogen-bond donors (Lipinski definition) is 1. The normalized spacial score (nSPS) is 11.4. The highest BCUT2D eigenvalue weighted by atomic mass is 79.9. The van der Waals surface area contributed by atoms with Gasteiger partial charge in [0.1, 0.15) is 12.3 Å². The summed E-state index contributed by atoms with van der Waals surface area (Å²) in [4.78, 5) is 12.7. The van der Waals surface area contributed by atoms with E-state index in [0.717, 1.165) is 19.9 Å². The van der Waals surface area contributed by atoms with Gasteiger partial charge in [0.2, 0.25) is 0 Å². The summed E-state index contributed by atoms with van der Waals surface area (Å²) in [5.74, 6) is -0.0926. The summed E-state index contributed by atoms with van der Waals surface area (Å²) in [7, 11) is -2.57. The number of amides is 1. The summed E-state index contributed by atoms with van der Waals surface area (Å²) >= 11 is 6.72. The molecule has 0 aliphatic rings. The van der Waals surface area contributed by atoms with Crippen molar-refractivity contribution in [3.63, 3.8) is 0 Å². The van der Waals surface area contributed by atoms with Crippen LogP contribution in [-0.4, -0.2) is 34.2 Å². The molecule has 0 bridgehead atoms. The maximum absolute atomic E-state index is 13.5. The van der Waals surface area contributed by atoms with Gasteiger partial charge < -0.3 is 4.74 Å². The number of rotatable bonds is 8. The van der Waals surface area contributed by atoms with Crippen LogP contribution in [0.2, 0.25) is 0 Å². The first-order chi connectivity index (χ1) is 15.7. The SMILES string of the molecule is COc1ccc(S(=O)(=O)N(CC(=O)N/N=C\c2ccccc2Br)c2ccc(C)cc2)cc1Br. The van der Waals surface area contributed by atoms with Gasteiger partial charge in [-0.1, -0.05) is 51.8 Å². The maximum atomic E-state index is 13.5. The van der Waals surface area contributed by atoms with Gasteiger partial charge in [-0.3, -0.25) is 9.10 Å². The van der Waals surface area contributed by atoms with Crippen LogP contribution < -0.4 is 14.5 Å². The zero-order valence-electron chi connectivity index (χ0n) is 17.8. The Morgan fingerprint density at radius 1 is 1.06 bits per heavy atom. The minimum atomic E-state index is -4.07. The number of hydrazone groups is 1. The fraction of sp³-hybridized carbons (Fsp3) is 0.130. The number of carbonyl (C=O) groups is 1. The number of sulfonamides is 1. The summed E-state index contributed by atoms with van der Waals surface area (Å²) in [6, 6.07) is 18.7. The molecule has 1 amide bonds. The molecule has 3 aromatic carbocycles. The number of nitrogens with zero attached hydrogens (tertiary/aromatic N) is 2. The van der Waals surface area contributed by atoms with Gasteiger partial charge in [0.15, 0.2) is 0 Å². The second kappa shape index (κ2) is 11.0. The molecule has 0 aromatic heterocycles. The zero-order valence-corrected chi connectivity index (χ0v) is 21.8. The highest BCUT2D eigenvalue weighted by Gasteiger charge is 2.28. The van der Waals surface area contributed by atoms with Gasteiger partial charge in [-0.05, 0) is 59.3 Å². The van der Waals surface area contributed by atoms with E-state index < -0.39 is 22.5 Å². The lowest BCUT2D eigenvalue weighted by atomic mass is 10.2. The molecule has 0 aliphatic carbocycles. The lowest BCUT2D eigenvalue weighted by Crippen LogP contribution is -2.39. The molecule has 0 saturated carbocycles. The van der Waals surface area contributed by atoms with Crippen LogP contribution in [0, 0.1) is 6.92 Å². The summed E-state index contributed by atoms with van der Waals surface area (Å²) in [5, 5.41) is 3.95. The predicted octanol–water partition coefficient (Wildman–Crippen LogP) is 4.87. The fourth-order valence-electron chi connectivity index (χ4n) is 2.88. The number of anilines is 1. The molecule has 3 rings (SSSR count). The van der Waals surface area contributed by atoms with E-state index in [4.69, 9.17) is 4.74 Å². The Morgan fingerprint density at radius 2 is 1.76 bits per heavy atom. The minimum absolute atomic E-state index is 0.0141. The topological polar surface area (TPSA) is 88.1 Å². The van der Waals surface area contributed by atoms with E-state index in [9.17, 15) is 13.2 Å². The summed E-state index contributed by atoms with van der Waals surface area (Å²) in [5.41, 5.74) is 4.49. The van der Waals surface area contributed by atoms with Crippen molar-refractivity contribution in [1.82, 2.24) is 5.43 Å². The van der Waals surface area contributed by atoms with E-state index in [1.807, 2.05) is 31.2 Å². The molecule has 0 spiro atoms. The molecule has 0 aliphatic heterocycles. The molecule has 0 atom stereocenters. The first-order valence-corrected chi connectivity index (χ1v) is 12.7. The van der Waals surface area contributed by atoms with Crippen LogP contribution in [0.4, 0.5) is 5.69 Å². The van der Waals surface area contributed by atoms with E-state index in [0.29, 0.717) is 15.9 Å². The predicted molar refractivity (Wildman–Crippen MR) is 136 cm³/mol. The Balaban J connectivity index is 1.88. The molecule has 3 aromatic rings. The first kappa shape index (κ1) is 24.9. The van der Waals surface area contributed by atoms with Gasteiger partial charge in [-0.2, -0.15) is 5.10 Å². The second-order valence-electron chi connectivity index (χ2n) is 6.96. The molecule has 0 fully saturated rings. The van der Waals surface area contributed by atoms with Gasteiger partial charge in [-0.15, -0.1) is 0 Å². The third-order valence-electron chi connectivity index (χ3n) is 4.62. The quantitative estimate of drug-likeness (QED) is 0.298. The molecule has 7 nitrogen and oxygen atoms in total. The van der Waals surface area contributed by atoms with Crippen molar-refractivity contribution >= 4 is 59.7 Å². The average molecular weight is 595 g/mol. The van der Waals surface area contributed by atoms with E-state index in [1.54, 1.807) is 30.3 Å². The van der Waals surface area contributed by atoms with Gasteiger partial charge in [0.25, 0.3) is 15.9 Å². The number of halogens is 2. The highest BCUT2D eigenvalue weighted by molar-refractivity contribution is 9.10. The fourth-order valence-corrected chi connectivity index (χ4v) is 5.41. The van der Waals surface area contributed by atoms with E-state index >= 15 is 0 Å². The van der Waals surface area contributed by atoms with Gasteiger partial charge in [0.05, 0.1) is 28.4 Å². The largest absolute Gasteiger partial charge is 0.496 e. The van der Waals surface area contributed by atoms with Crippen molar-refractivity contribution in [2.24, 2.45) is 5.10 Å². The molecule has 0 unspecified atom stereocenters. The van der Waals surface area contributed by atoms with Crippen molar-refractivity contribution < 1.29 is 17.9 Å². The Labute approximate surface area is 209 Å². The molecule has 0 heterocycles. The van der Waals surface area contributed by atoms with E-state index in [2.05, 4.69) is 42.4 Å². The smallest absolute Gasteiger partial charge is 0.264 e. The Hall–Kier alpha value is -2.69. The van der Waals surface area contributed by atoms with Crippen LogP contribution in [0.3, 0.4) is 0 Å². The van der Waals surface area contributed by atoms with Crippen LogP contribution in [0.1, 0.15) is 11.1 Å². The maximum Gasteiger partial charge on any atom is 0.264 e. The third-order valence-corrected chi connectivity index (χ3v) is 7.73. The average Bonchev–Trinajstić information content (AvgIpc) is 2.79. The van der Waals surface area contributed by atoms with E-state index in [1.165, 1.54) is 25.5 Å². The number of hydrogen-bond acceptors (Lipinski definition) is 5. The van der Waals surface area contributed by atoms with Crippen LogP contribution in [-0.2, 0) is 14.8 Å². The lowest BCUT2D eigenvalue weighted by Gasteiger charge is -2.24. The summed E-state index contributed by atoms with van der Waals surface area (Å²) in [6.07, 6.45) is 1.48. The summed E-state index contributed by atoms with van der Waals surface area (Å²) in [6.45, 7) is 1.44. The number of nitrogens with one attached hydrogen (secondary N) is 1. The van der Waals surface area contributed by atoms with Crippen LogP contribution >= 0.6 is 31.9 Å². The molecule has 172 valence electrons. The van der Waals surface area contributed by atoms with Crippen LogP contribution in [0.25, 0.3) is 0 Å². The van der Waals surface area contributed by atoms with Crippen molar-refractivity contribution in [3.8, 4) is 5.75 Å². The van der Waals surface area contributed by atoms with Crippen molar-refractivity contribution in [1.29, 1.82) is 0 Å². The molecule has 0 radical (unpaired) electrons. The summed E-state index contributed by atoms with van der Waals surface area (Å²) < 4.78 is 34.5. The molecule has 10 heteroatoms. The number of benzene rings is 3. The lowest BCUT2D eigenvalue weighted by molar-refractivity contribution is -0.119. The third kappa shape index (κ3) is 6.21. The second-order valence-corrected chi connectivity index (χ2v) is 10.5. The van der Waals surface area contributed by atoms with E-state index in [-0.39, 0.29) is 4.90 Å². The molecule has 0 saturated heterocycles. The molecular formula is C23H21Br2N3O4S. The molecular weight excluding hydrogens is 574 g/mol. The van der Waals surface area contributed by atoms with Crippen molar-refractivity contribution in [2.45, 2.75) is 11.8 Å². The van der Waals surface area contributed by atoms with Gasteiger partial charge in [0, 0.05) is 10.0 Å². The van der Waals surface area contributed by atoms with Crippen molar-refractivity contribution in [2.75, 3.05) is 18.0 Å². The monoisotopic (exact) mass is 593 g/mol. The van der Waals surface area contributed by atoms with Gasteiger partial charge in [-0.25, -0.2) is 13.8 Å². The molecule has 1 N–H and O–H groups in total. The Kier molecular flexibility index (Phi) is 8.28. The first-order valence-electron chi connectivity index (χ1n) is 9.72. The van der Waals surface area contributed by atoms with Crippen molar-refractivity contribution in [3.05, 3.63) is 86.8 Å². The highest BCUT2D eigenvalue weighted by Crippen LogP contribution is 2.30. The van der Waals surface area contributed by atoms with Gasteiger partial charge >= 0.3 is 0 Å². The Morgan fingerprint density at radius 3 is 2.39 bits per heavy atom. The Bertz CT molecular complexity index is 1280. The number of methoxy groups -OCH3 is 1. The number of ether oxygens (including phenoxy) is 1. The number of aryl methyl sites for hydroxylation is 1. The van der Waals surface area contributed by atoms with Crippen LogP contribution in [0.15, 0.2) is 85.7 Å². The zero-order chi connectivity index (χ0) is 24.0. The standard InChI is InChI=1S/C23H21Br2N3O4S/c1-16-7-9-18(10-8-16)28(33(30,31)19-11-12-22(32-2)21(25)13-19)15-23(29)27-26-14-17-5-3-4-6-20(17)24/h3-14H,15H2,1-2H3,(H,27,29)/b26-14-. The minimum Gasteiger partial charge on any atom is -0.496 e.